The molecule has 0 aliphatic heterocycles. The number of hydrogen-bond donors (Lipinski definition) is 1. The fraction of sp³-hybridized carbons (Fsp3) is 0. The highest BCUT2D eigenvalue weighted by Gasteiger charge is 1.96. The summed E-state index contributed by atoms with van der Waals surface area (Å²) < 4.78 is 4.60. The van der Waals surface area contributed by atoms with Crippen molar-refractivity contribution in [1.29, 1.82) is 0 Å². The number of nitrogens with zero attached hydrogens (tertiary/aromatic N) is 7. The molecule has 0 aliphatic rings. The number of aromatic nitrogens is 8. The van der Waals surface area contributed by atoms with E-state index in [2.05, 4.69) is 89.7 Å². The zero-order chi connectivity index (χ0) is 17.9. The second kappa shape index (κ2) is 11.0. The number of halogens is 3. The van der Waals surface area contributed by atoms with E-state index in [0.29, 0.717) is 0 Å². The molecule has 25 heavy (non-hydrogen) atoms. The van der Waals surface area contributed by atoms with Crippen LogP contribution in [0.5, 0.6) is 0 Å². The van der Waals surface area contributed by atoms with Crippen molar-refractivity contribution in [2.45, 2.75) is 0 Å². The van der Waals surface area contributed by atoms with Crippen molar-refractivity contribution < 1.29 is 0 Å². The van der Waals surface area contributed by atoms with Gasteiger partial charge in [-0.2, -0.15) is 10.2 Å². The maximum Gasteiger partial charge on any atom is 0.155 e. The minimum absolute atomic E-state index is 0.760. The predicted molar refractivity (Wildman–Crippen MR) is 108 cm³/mol. The smallest absolute Gasteiger partial charge is 0.155 e. The van der Waals surface area contributed by atoms with Gasteiger partial charge in [0.1, 0.15) is 29.0 Å². The largest absolute Gasteiger partial charge is 0.266 e. The Morgan fingerprint density at radius 2 is 1.68 bits per heavy atom. The highest BCUT2D eigenvalue weighted by molar-refractivity contribution is 14.1. The molecule has 128 valence electrons. The summed E-state index contributed by atoms with van der Waals surface area (Å²) in [7, 11) is 0. The second-order valence-corrected chi connectivity index (χ2v) is 7.06. The summed E-state index contributed by atoms with van der Waals surface area (Å²) in [5.41, 5.74) is 0. The number of pyridine rings is 2. The highest BCUT2D eigenvalue weighted by atomic mass is 127. The van der Waals surface area contributed by atoms with Crippen molar-refractivity contribution in [3.8, 4) is 5.82 Å². The first-order valence-corrected chi connectivity index (χ1v) is 9.34. The molecule has 0 radical (unpaired) electrons. The number of H-pyrrole nitrogens is 1. The number of aromatic amines is 1. The van der Waals surface area contributed by atoms with Crippen LogP contribution in [-0.2, 0) is 0 Å². The summed E-state index contributed by atoms with van der Waals surface area (Å²) in [6.45, 7) is 0. The van der Waals surface area contributed by atoms with Gasteiger partial charge in [-0.05, 0) is 78.7 Å². The Morgan fingerprint density at radius 1 is 0.920 bits per heavy atom. The normalized spacial score (nSPS) is 9.40. The standard InChI is InChI=1S/C7H5BrN4.C5H3BrIN.C2H3N3/c8-6-1-2-7(10-3-6)12-5-9-4-11-12;6-4-1-2-5(7)8-3-4;1-3-2-5-4-1/h1-5H;1-3H;1-2H,(H,3,4,5). The Morgan fingerprint density at radius 3 is 2.08 bits per heavy atom. The van der Waals surface area contributed by atoms with E-state index in [-0.39, 0.29) is 0 Å². The van der Waals surface area contributed by atoms with Gasteiger partial charge in [0, 0.05) is 21.3 Å². The molecule has 1 N–H and O–H groups in total. The molecule has 4 rings (SSSR count). The van der Waals surface area contributed by atoms with E-state index in [4.69, 9.17) is 0 Å². The molecular formula is C14H11Br2IN8. The SMILES string of the molecule is Brc1ccc(-n2cncn2)nc1.Brc1ccc(I)nc1.c1nc[nH]n1. The molecule has 0 saturated heterocycles. The van der Waals surface area contributed by atoms with Gasteiger partial charge in [0.05, 0.1) is 0 Å². The molecular weight excluding hydrogens is 567 g/mol. The predicted octanol–water partition coefficient (Wildman–Crippen LogP) is 3.68. The van der Waals surface area contributed by atoms with Gasteiger partial charge in [-0.3, -0.25) is 5.10 Å². The Hall–Kier alpha value is -1.73. The van der Waals surface area contributed by atoms with Crippen LogP contribution in [0.4, 0.5) is 0 Å². The first-order valence-electron chi connectivity index (χ1n) is 6.67. The third kappa shape index (κ3) is 7.79. The van der Waals surface area contributed by atoms with Crippen molar-refractivity contribution in [1.82, 2.24) is 39.9 Å². The minimum Gasteiger partial charge on any atom is -0.266 e. The topological polar surface area (TPSA) is 98.1 Å². The molecule has 4 heterocycles. The molecule has 11 heteroatoms. The van der Waals surface area contributed by atoms with E-state index in [1.165, 1.54) is 19.0 Å². The fourth-order valence-electron chi connectivity index (χ4n) is 1.35. The minimum atomic E-state index is 0.760. The van der Waals surface area contributed by atoms with Crippen LogP contribution >= 0.6 is 54.5 Å². The first kappa shape index (κ1) is 19.6. The van der Waals surface area contributed by atoms with Crippen LogP contribution in [-0.4, -0.2) is 39.9 Å². The molecule has 0 aromatic carbocycles. The molecule has 0 saturated carbocycles. The second-order valence-electron chi connectivity index (χ2n) is 4.13. The van der Waals surface area contributed by atoms with Crippen LogP contribution in [0, 0.1) is 3.70 Å². The van der Waals surface area contributed by atoms with Gasteiger partial charge in [0.25, 0.3) is 0 Å². The molecule has 0 unspecified atom stereocenters. The van der Waals surface area contributed by atoms with Crippen LogP contribution in [0.3, 0.4) is 0 Å². The van der Waals surface area contributed by atoms with Gasteiger partial charge >= 0.3 is 0 Å². The lowest BCUT2D eigenvalue weighted by molar-refractivity contribution is 0.844. The van der Waals surface area contributed by atoms with Crippen LogP contribution in [0.1, 0.15) is 0 Å². The fourth-order valence-corrected chi connectivity index (χ4v) is 2.14. The van der Waals surface area contributed by atoms with E-state index in [1.807, 2.05) is 24.3 Å². The van der Waals surface area contributed by atoms with Crippen LogP contribution in [0.25, 0.3) is 5.82 Å². The molecule has 8 nitrogen and oxygen atoms in total. The molecule has 0 aliphatic carbocycles. The van der Waals surface area contributed by atoms with E-state index >= 15 is 0 Å². The third-order valence-corrected chi connectivity index (χ3v) is 3.96. The van der Waals surface area contributed by atoms with Crippen molar-refractivity contribution >= 4 is 54.5 Å². The van der Waals surface area contributed by atoms with E-state index in [9.17, 15) is 0 Å². The molecule has 4 aromatic heterocycles. The summed E-state index contributed by atoms with van der Waals surface area (Å²) in [5, 5.41) is 9.93. The van der Waals surface area contributed by atoms with Gasteiger partial charge in [0.2, 0.25) is 0 Å². The first-order chi connectivity index (χ1) is 12.1. The Labute approximate surface area is 173 Å². The summed E-state index contributed by atoms with van der Waals surface area (Å²) in [4.78, 5) is 15.5. The van der Waals surface area contributed by atoms with Crippen LogP contribution < -0.4 is 0 Å². The summed E-state index contributed by atoms with van der Waals surface area (Å²) >= 11 is 8.75. The van der Waals surface area contributed by atoms with Crippen molar-refractivity contribution in [2.24, 2.45) is 0 Å². The van der Waals surface area contributed by atoms with Gasteiger partial charge in [0.15, 0.2) is 5.82 Å². The van der Waals surface area contributed by atoms with Gasteiger partial charge < -0.3 is 0 Å². The molecule has 0 bridgehead atoms. The van der Waals surface area contributed by atoms with Gasteiger partial charge in [-0.1, -0.05) is 0 Å². The average molecular weight is 578 g/mol. The zero-order valence-electron chi connectivity index (χ0n) is 12.5. The van der Waals surface area contributed by atoms with Gasteiger partial charge in [-0.15, -0.1) is 0 Å². The molecule has 0 amide bonds. The highest BCUT2D eigenvalue weighted by Crippen LogP contribution is 2.09. The average Bonchev–Trinajstić information content (AvgIpc) is 3.35. The van der Waals surface area contributed by atoms with Crippen LogP contribution in [0.15, 0.2) is 70.9 Å². The van der Waals surface area contributed by atoms with E-state index in [0.717, 1.165) is 18.5 Å². The molecule has 4 aromatic rings. The molecule has 0 spiro atoms. The molecule has 0 fully saturated rings. The van der Waals surface area contributed by atoms with Crippen LogP contribution in [0.2, 0.25) is 0 Å². The third-order valence-electron chi connectivity index (χ3n) is 2.39. The maximum absolute atomic E-state index is 4.13. The summed E-state index contributed by atoms with van der Waals surface area (Å²) in [6.07, 6.45) is 9.54. The lowest BCUT2D eigenvalue weighted by Crippen LogP contribution is -1.96. The van der Waals surface area contributed by atoms with E-state index < -0.39 is 0 Å². The Bertz CT molecular complexity index is 782. The van der Waals surface area contributed by atoms with Crippen molar-refractivity contribution in [2.75, 3.05) is 0 Å². The monoisotopic (exact) mass is 576 g/mol. The van der Waals surface area contributed by atoms with Crippen molar-refractivity contribution in [3.05, 3.63) is 74.6 Å². The Kier molecular flexibility index (Phi) is 8.62. The number of nitrogens with one attached hydrogen (secondary N) is 1. The lowest BCUT2D eigenvalue weighted by Gasteiger charge is -1.97. The van der Waals surface area contributed by atoms with E-state index in [1.54, 1.807) is 23.4 Å². The molecule has 0 atom stereocenters. The Balaban J connectivity index is 0.000000149. The number of rotatable bonds is 1. The number of hydrogen-bond acceptors (Lipinski definition) is 6. The maximum atomic E-state index is 4.13. The van der Waals surface area contributed by atoms with Gasteiger partial charge in [-0.25, -0.2) is 24.6 Å². The lowest BCUT2D eigenvalue weighted by atomic mass is 10.5. The quantitative estimate of drug-likeness (QED) is 0.274. The van der Waals surface area contributed by atoms with Crippen molar-refractivity contribution in [3.63, 3.8) is 0 Å². The zero-order valence-corrected chi connectivity index (χ0v) is 17.9. The summed E-state index contributed by atoms with van der Waals surface area (Å²) in [5.74, 6) is 0.760. The summed E-state index contributed by atoms with van der Waals surface area (Å²) in [6, 6.07) is 7.68.